The van der Waals surface area contributed by atoms with Gasteiger partial charge in [-0.05, 0) is 37.9 Å². The summed E-state index contributed by atoms with van der Waals surface area (Å²) in [6.07, 6.45) is 8.71. The molecular weight excluding hydrogens is 258 g/mol. The molecule has 21 heavy (non-hydrogen) atoms. The predicted molar refractivity (Wildman–Crippen MR) is 85.1 cm³/mol. The van der Waals surface area contributed by atoms with Crippen LogP contribution in [-0.2, 0) is 19.5 Å². The van der Waals surface area contributed by atoms with Crippen molar-refractivity contribution in [1.82, 2.24) is 14.5 Å². The quantitative estimate of drug-likeness (QED) is 0.859. The van der Waals surface area contributed by atoms with E-state index >= 15 is 0 Å². The minimum atomic E-state index is 1.10. The van der Waals surface area contributed by atoms with Crippen molar-refractivity contribution >= 4 is 0 Å². The normalized spacial score (nSPS) is 18.9. The highest BCUT2D eigenvalue weighted by Crippen LogP contribution is 2.23. The molecular formula is C18H23N3. The fourth-order valence-electron chi connectivity index (χ4n) is 3.55. The molecule has 1 aromatic heterocycles. The number of likely N-dealkylation sites (tertiary alicyclic amines) is 1. The van der Waals surface area contributed by atoms with Gasteiger partial charge in [0.05, 0.1) is 5.69 Å². The molecule has 0 aliphatic carbocycles. The van der Waals surface area contributed by atoms with E-state index in [1.165, 1.54) is 55.7 Å². The van der Waals surface area contributed by atoms with E-state index in [9.17, 15) is 0 Å². The molecule has 1 saturated heterocycles. The van der Waals surface area contributed by atoms with E-state index < -0.39 is 0 Å². The van der Waals surface area contributed by atoms with E-state index in [2.05, 4.69) is 39.9 Å². The Kier molecular flexibility index (Phi) is 3.52. The third kappa shape index (κ3) is 2.75. The number of imidazole rings is 1. The van der Waals surface area contributed by atoms with Crippen molar-refractivity contribution in [2.45, 2.75) is 45.2 Å². The number of hydrogen-bond acceptors (Lipinski definition) is 2. The fraction of sp³-hybridized carbons (Fsp3) is 0.500. The molecule has 3 heteroatoms. The molecule has 2 aliphatic heterocycles. The average Bonchev–Trinajstić information content (AvgIpc) is 3.10. The van der Waals surface area contributed by atoms with E-state index in [0.717, 1.165) is 25.2 Å². The largest absolute Gasteiger partial charge is 0.334 e. The van der Waals surface area contributed by atoms with E-state index in [4.69, 9.17) is 4.98 Å². The van der Waals surface area contributed by atoms with Crippen LogP contribution in [-0.4, -0.2) is 27.5 Å². The summed E-state index contributed by atoms with van der Waals surface area (Å²) in [5.74, 6) is 1.25. The molecule has 0 N–H and O–H groups in total. The van der Waals surface area contributed by atoms with Crippen LogP contribution in [0, 0.1) is 0 Å². The van der Waals surface area contributed by atoms with Crippen LogP contribution in [0.15, 0.2) is 30.5 Å². The number of aryl methyl sites for hydroxylation is 2. The van der Waals surface area contributed by atoms with Crippen LogP contribution in [0.25, 0.3) is 11.3 Å². The first-order chi connectivity index (χ1) is 10.4. The van der Waals surface area contributed by atoms with Crippen LogP contribution in [0.2, 0.25) is 0 Å². The highest BCUT2D eigenvalue weighted by atomic mass is 15.1. The molecule has 0 atom stereocenters. The van der Waals surface area contributed by atoms with Gasteiger partial charge in [-0.15, -0.1) is 0 Å². The van der Waals surface area contributed by atoms with Gasteiger partial charge in [-0.2, -0.15) is 0 Å². The monoisotopic (exact) mass is 281 g/mol. The number of aromatic nitrogens is 2. The third-order valence-corrected chi connectivity index (χ3v) is 4.76. The van der Waals surface area contributed by atoms with Gasteiger partial charge in [-0.25, -0.2) is 4.98 Å². The van der Waals surface area contributed by atoms with Crippen molar-refractivity contribution in [3.63, 3.8) is 0 Å². The molecule has 4 rings (SSSR count). The number of rotatable bonds is 3. The standard InChI is InChI=1S/C18H23N3/c1-2-10-20(11-3-1)13-15-6-8-16(9-7-15)17-14-21-12-4-5-18(21)19-17/h6-9,14H,1-5,10-13H2. The molecule has 3 nitrogen and oxygen atoms in total. The van der Waals surface area contributed by atoms with Gasteiger partial charge in [0, 0.05) is 31.3 Å². The lowest BCUT2D eigenvalue weighted by molar-refractivity contribution is 0.221. The number of nitrogens with zero attached hydrogens (tertiary/aromatic N) is 3. The van der Waals surface area contributed by atoms with Crippen molar-refractivity contribution in [2.75, 3.05) is 13.1 Å². The zero-order valence-corrected chi connectivity index (χ0v) is 12.6. The smallest absolute Gasteiger partial charge is 0.109 e. The summed E-state index contributed by atoms with van der Waals surface area (Å²) in [5.41, 5.74) is 3.81. The van der Waals surface area contributed by atoms with Crippen LogP contribution in [0.5, 0.6) is 0 Å². The second-order valence-corrected chi connectivity index (χ2v) is 6.37. The molecule has 0 saturated carbocycles. The van der Waals surface area contributed by atoms with Crippen molar-refractivity contribution in [1.29, 1.82) is 0 Å². The van der Waals surface area contributed by atoms with Crippen LogP contribution in [0.3, 0.4) is 0 Å². The minimum Gasteiger partial charge on any atom is -0.334 e. The second kappa shape index (κ2) is 5.64. The van der Waals surface area contributed by atoms with Crippen molar-refractivity contribution in [3.8, 4) is 11.3 Å². The summed E-state index contributed by atoms with van der Waals surface area (Å²) in [6, 6.07) is 9.01. The summed E-state index contributed by atoms with van der Waals surface area (Å²) in [4.78, 5) is 7.33. The maximum Gasteiger partial charge on any atom is 0.109 e. The summed E-state index contributed by atoms with van der Waals surface area (Å²) in [5, 5.41) is 0. The third-order valence-electron chi connectivity index (χ3n) is 4.76. The fourth-order valence-corrected chi connectivity index (χ4v) is 3.55. The Balaban J connectivity index is 1.47. The molecule has 3 heterocycles. The zero-order chi connectivity index (χ0) is 14.1. The topological polar surface area (TPSA) is 21.1 Å². The van der Waals surface area contributed by atoms with Gasteiger partial charge in [0.2, 0.25) is 0 Å². The van der Waals surface area contributed by atoms with Gasteiger partial charge in [0.15, 0.2) is 0 Å². The molecule has 1 fully saturated rings. The predicted octanol–water partition coefficient (Wildman–Crippen LogP) is 3.48. The molecule has 1 aromatic carbocycles. The lowest BCUT2D eigenvalue weighted by atomic mass is 10.1. The Morgan fingerprint density at radius 2 is 1.71 bits per heavy atom. The van der Waals surface area contributed by atoms with E-state index in [-0.39, 0.29) is 0 Å². The summed E-state index contributed by atoms with van der Waals surface area (Å²) in [7, 11) is 0. The molecule has 2 aliphatic rings. The average molecular weight is 281 g/mol. The maximum absolute atomic E-state index is 4.76. The van der Waals surface area contributed by atoms with E-state index in [1.807, 2.05) is 0 Å². The first kappa shape index (κ1) is 13.1. The first-order valence-corrected chi connectivity index (χ1v) is 8.26. The van der Waals surface area contributed by atoms with Crippen molar-refractivity contribution in [3.05, 3.63) is 41.9 Å². The Morgan fingerprint density at radius 3 is 2.48 bits per heavy atom. The Bertz CT molecular complexity index is 584. The Hall–Kier alpha value is -1.61. The minimum absolute atomic E-state index is 1.10. The zero-order valence-electron chi connectivity index (χ0n) is 12.6. The lowest BCUT2D eigenvalue weighted by Gasteiger charge is -2.26. The summed E-state index contributed by atoms with van der Waals surface area (Å²) >= 11 is 0. The number of hydrogen-bond donors (Lipinski definition) is 0. The summed E-state index contributed by atoms with van der Waals surface area (Å²) < 4.78 is 2.30. The molecule has 0 radical (unpaired) electrons. The van der Waals surface area contributed by atoms with Gasteiger partial charge in [0.25, 0.3) is 0 Å². The molecule has 0 spiro atoms. The Morgan fingerprint density at radius 1 is 0.905 bits per heavy atom. The second-order valence-electron chi connectivity index (χ2n) is 6.37. The van der Waals surface area contributed by atoms with Crippen molar-refractivity contribution in [2.24, 2.45) is 0 Å². The van der Waals surface area contributed by atoms with Crippen LogP contribution < -0.4 is 0 Å². The van der Waals surface area contributed by atoms with Gasteiger partial charge < -0.3 is 4.57 Å². The first-order valence-electron chi connectivity index (χ1n) is 8.26. The van der Waals surface area contributed by atoms with Crippen LogP contribution in [0.1, 0.15) is 37.1 Å². The SMILES string of the molecule is c1cc(-c2cn3c(n2)CCC3)ccc1CN1CCCCC1. The number of benzene rings is 1. The van der Waals surface area contributed by atoms with Gasteiger partial charge in [-0.1, -0.05) is 30.7 Å². The molecule has 0 amide bonds. The van der Waals surface area contributed by atoms with Gasteiger partial charge in [-0.3, -0.25) is 4.90 Å². The number of fused-ring (bicyclic) bond motifs is 1. The molecule has 110 valence electrons. The van der Waals surface area contributed by atoms with E-state index in [1.54, 1.807) is 0 Å². The molecule has 0 bridgehead atoms. The summed E-state index contributed by atoms with van der Waals surface area (Å²) in [6.45, 7) is 4.75. The lowest BCUT2D eigenvalue weighted by Crippen LogP contribution is -2.28. The van der Waals surface area contributed by atoms with Gasteiger partial charge >= 0.3 is 0 Å². The number of piperidine rings is 1. The Labute approximate surface area is 126 Å². The van der Waals surface area contributed by atoms with Gasteiger partial charge in [0.1, 0.15) is 5.82 Å². The van der Waals surface area contributed by atoms with E-state index in [0.29, 0.717) is 0 Å². The highest BCUT2D eigenvalue weighted by molar-refractivity contribution is 5.59. The van der Waals surface area contributed by atoms with Crippen molar-refractivity contribution < 1.29 is 0 Å². The maximum atomic E-state index is 4.76. The van der Waals surface area contributed by atoms with Crippen LogP contribution >= 0.6 is 0 Å². The van der Waals surface area contributed by atoms with Crippen LogP contribution in [0.4, 0.5) is 0 Å². The molecule has 2 aromatic rings. The molecule has 0 unspecified atom stereocenters. The highest BCUT2D eigenvalue weighted by Gasteiger charge is 2.15.